The summed E-state index contributed by atoms with van der Waals surface area (Å²) in [5.41, 5.74) is 2.14. The summed E-state index contributed by atoms with van der Waals surface area (Å²) in [6, 6.07) is 0. The van der Waals surface area contributed by atoms with Crippen molar-refractivity contribution in [3.8, 4) is 0 Å². The molecule has 0 aromatic rings. The molecule has 4 rings (SSSR count). The van der Waals surface area contributed by atoms with Crippen LogP contribution in [0.3, 0.4) is 0 Å². The van der Waals surface area contributed by atoms with Crippen LogP contribution < -0.4 is 0 Å². The van der Waals surface area contributed by atoms with Gasteiger partial charge >= 0.3 is 0 Å². The van der Waals surface area contributed by atoms with Gasteiger partial charge in [0.2, 0.25) is 0 Å². The first-order valence-corrected chi connectivity index (χ1v) is 6.85. The highest BCUT2D eigenvalue weighted by molar-refractivity contribution is 5.10. The van der Waals surface area contributed by atoms with Crippen molar-refractivity contribution in [2.45, 2.75) is 66.2 Å². The van der Waals surface area contributed by atoms with Crippen molar-refractivity contribution in [3.63, 3.8) is 0 Å². The van der Waals surface area contributed by atoms with Crippen LogP contribution in [0.25, 0.3) is 0 Å². The molecular formula is C15H26. The Hall–Kier alpha value is 0. The summed E-state index contributed by atoms with van der Waals surface area (Å²) in [6.07, 6.45) is 9.21. The second-order valence-corrected chi connectivity index (χ2v) is 8.15. The van der Waals surface area contributed by atoms with Gasteiger partial charge in [0.05, 0.1) is 0 Å². The highest BCUT2D eigenvalue weighted by Crippen LogP contribution is 2.71. The van der Waals surface area contributed by atoms with Gasteiger partial charge in [-0.2, -0.15) is 0 Å². The average Bonchev–Trinajstić information content (AvgIpc) is 1.95. The normalized spacial score (nSPS) is 57.8. The predicted octanol–water partition coefficient (Wildman–Crippen LogP) is 4.64. The zero-order valence-electron chi connectivity index (χ0n) is 10.9. The largest absolute Gasteiger partial charge is 0.0622 e. The molecule has 4 fully saturated rings. The van der Waals surface area contributed by atoms with Crippen molar-refractivity contribution in [3.05, 3.63) is 0 Å². The van der Waals surface area contributed by atoms with Gasteiger partial charge in [0.15, 0.2) is 0 Å². The average molecular weight is 206 g/mol. The molecule has 2 unspecified atom stereocenters. The van der Waals surface area contributed by atoms with E-state index >= 15 is 0 Å². The van der Waals surface area contributed by atoms with Crippen LogP contribution >= 0.6 is 0 Å². The Labute approximate surface area is 94.8 Å². The van der Waals surface area contributed by atoms with Gasteiger partial charge in [0, 0.05) is 0 Å². The van der Waals surface area contributed by atoms with Gasteiger partial charge in [0.25, 0.3) is 0 Å². The second-order valence-electron chi connectivity index (χ2n) is 8.15. The summed E-state index contributed by atoms with van der Waals surface area (Å²) in [5, 5.41) is 0. The van der Waals surface area contributed by atoms with Crippen molar-refractivity contribution < 1.29 is 0 Å². The van der Waals surface area contributed by atoms with E-state index in [2.05, 4.69) is 27.7 Å². The van der Waals surface area contributed by atoms with E-state index in [1.54, 1.807) is 6.42 Å². The fourth-order valence-corrected chi connectivity index (χ4v) is 6.18. The van der Waals surface area contributed by atoms with Crippen molar-refractivity contribution in [1.29, 1.82) is 0 Å². The van der Waals surface area contributed by atoms with E-state index in [9.17, 15) is 0 Å². The van der Waals surface area contributed by atoms with Crippen LogP contribution in [0.5, 0.6) is 0 Å². The van der Waals surface area contributed by atoms with Crippen LogP contribution in [-0.2, 0) is 0 Å². The SMILES string of the molecule is CC(C)C12CC3CC(C)(CC(C)(C3)C1)C2. The highest BCUT2D eigenvalue weighted by Gasteiger charge is 2.60. The summed E-state index contributed by atoms with van der Waals surface area (Å²) in [4.78, 5) is 0. The number of hydrogen-bond acceptors (Lipinski definition) is 0. The third-order valence-electron chi connectivity index (χ3n) is 5.89. The lowest BCUT2D eigenvalue weighted by molar-refractivity contribution is -0.162. The summed E-state index contributed by atoms with van der Waals surface area (Å²) in [6.45, 7) is 10.1. The van der Waals surface area contributed by atoms with Crippen molar-refractivity contribution in [2.75, 3.05) is 0 Å². The standard InChI is InChI=1S/C15H26/c1-11(2)15-7-12-5-13(3,9-15)8-14(4,6-12)10-15/h11-12H,5-10H2,1-4H3. The van der Waals surface area contributed by atoms with E-state index in [0.717, 1.165) is 17.3 Å². The van der Waals surface area contributed by atoms with Crippen LogP contribution in [0.15, 0.2) is 0 Å². The second kappa shape index (κ2) is 2.63. The first kappa shape index (κ1) is 10.2. The fourth-order valence-electron chi connectivity index (χ4n) is 6.18. The molecule has 4 bridgehead atoms. The van der Waals surface area contributed by atoms with Gasteiger partial charge in [-0.15, -0.1) is 0 Å². The Morgan fingerprint density at radius 3 is 1.80 bits per heavy atom. The number of hydrogen-bond donors (Lipinski definition) is 0. The highest BCUT2D eigenvalue weighted by atomic mass is 14.6. The smallest absolute Gasteiger partial charge is 0.0261 e. The van der Waals surface area contributed by atoms with Gasteiger partial charge in [-0.3, -0.25) is 0 Å². The van der Waals surface area contributed by atoms with Crippen LogP contribution in [0.2, 0.25) is 0 Å². The summed E-state index contributed by atoms with van der Waals surface area (Å²) in [5.74, 6) is 1.97. The van der Waals surface area contributed by atoms with E-state index in [1.165, 1.54) is 32.1 Å². The molecule has 0 amide bonds. The van der Waals surface area contributed by atoms with Gasteiger partial charge in [0.1, 0.15) is 0 Å². The minimum atomic E-state index is 0.707. The van der Waals surface area contributed by atoms with Crippen molar-refractivity contribution in [1.82, 2.24) is 0 Å². The van der Waals surface area contributed by atoms with E-state index in [0.29, 0.717) is 10.8 Å². The predicted molar refractivity (Wildman–Crippen MR) is 64.7 cm³/mol. The molecule has 0 aliphatic heterocycles. The molecule has 2 atom stereocenters. The van der Waals surface area contributed by atoms with Crippen LogP contribution in [-0.4, -0.2) is 0 Å². The third kappa shape index (κ3) is 1.33. The molecule has 15 heavy (non-hydrogen) atoms. The Bertz CT molecular complexity index is 270. The minimum Gasteiger partial charge on any atom is -0.0622 e. The Kier molecular flexibility index (Phi) is 1.78. The van der Waals surface area contributed by atoms with Crippen LogP contribution in [0, 0.1) is 28.1 Å². The molecule has 0 spiro atoms. The van der Waals surface area contributed by atoms with Gasteiger partial charge in [-0.05, 0) is 66.6 Å². The lowest BCUT2D eigenvalue weighted by atomic mass is 9.38. The Morgan fingerprint density at radius 1 is 0.867 bits per heavy atom. The van der Waals surface area contributed by atoms with Gasteiger partial charge in [-0.1, -0.05) is 27.7 Å². The molecule has 0 heterocycles. The summed E-state index contributed by atoms with van der Waals surface area (Å²) >= 11 is 0. The molecule has 86 valence electrons. The Balaban J connectivity index is 2.02. The maximum absolute atomic E-state index is 2.58. The van der Waals surface area contributed by atoms with Crippen molar-refractivity contribution >= 4 is 0 Å². The maximum atomic E-state index is 2.58. The fraction of sp³-hybridized carbons (Fsp3) is 1.00. The monoisotopic (exact) mass is 206 g/mol. The lowest BCUT2D eigenvalue weighted by Gasteiger charge is -2.67. The molecule has 0 radical (unpaired) electrons. The van der Waals surface area contributed by atoms with E-state index in [4.69, 9.17) is 0 Å². The number of rotatable bonds is 1. The maximum Gasteiger partial charge on any atom is -0.0261 e. The van der Waals surface area contributed by atoms with Crippen LogP contribution in [0.4, 0.5) is 0 Å². The van der Waals surface area contributed by atoms with E-state index in [1.807, 2.05) is 0 Å². The molecule has 4 saturated carbocycles. The van der Waals surface area contributed by atoms with Crippen molar-refractivity contribution in [2.24, 2.45) is 28.1 Å². The molecule has 0 saturated heterocycles. The van der Waals surface area contributed by atoms with Gasteiger partial charge in [-0.25, -0.2) is 0 Å². The molecular weight excluding hydrogens is 180 g/mol. The molecule has 0 heteroatoms. The zero-order chi connectivity index (χ0) is 10.9. The van der Waals surface area contributed by atoms with E-state index < -0.39 is 0 Å². The topological polar surface area (TPSA) is 0 Å². The first-order valence-electron chi connectivity index (χ1n) is 6.85. The zero-order valence-corrected chi connectivity index (χ0v) is 10.9. The molecule has 0 N–H and O–H groups in total. The first-order chi connectivity index (χ1) is 6.85. The van der Waals surface area contributed by atoms with Gasteiger partial charge < -0.3 is 0 Å². The minimum absolute atomic E-state index is 0.707. The third-order valence-corrected chi connectivity index (χ3v) is 5.89. The van der Waals surface area contributed by atoms with Crippen LogP contribution in [0.1, 0.15) is 66.2 Å². The molecule has 4 aliphatic carbocycles. The lowest BCUT2D eigenvalue weighted by Crippen LogP contribution is -2.56. The molecule has 0 aromatic heterocycles. The molecule has 0 nitrogen and oxygen atoms in total. The Morgan fingerprint density at radius 2 is 1.40 bits per heavy atom. The van der Waals surface area contributed by atoms with E-state index in [-0.39, 0.29) is 0 Å². The quantitative estimate of drug-likeness (QED) is 0.586. The summed E-state index contributed by atoms with van der Waals surface area (Å²) < 4.78 is 0. The molecule has 0 aromatic carbocycles. The molecule has 4 aliphatic rings. The summed E-state index contributed by atoms with van der Waals surface area (Å²) in [7, 11) is 0.